The molecule has 1 heterocycles. The average molecular weight is 295 g/mol. The Hall–Kier alpha value is -0.0800. The molecule has 2 unspecified atom stereocenters. The van der Waals surface area contributed by atoms with Gasteiger partial charge in [0.2, 0.25) is 0 Å². The summed E-state index contributed by atoms with van der Waals surface area (Å²) in [5, 5.41) is 3.87. The first-order valence-corrected chi connectivity index (χ1v) is 9.30. The molecule has 0 aromatic rings. The Labute approximate surface area is 133 Å². The molecule has 2 heteroatoms. The summed E-state index contributed by atoms with van der Waals surface area (Å²) in [6, 6.07) is 0.716. The molecule has 0 radical (unpaired) electrons. The highest BCUT2D eigenvalue weighted by atomic mass is 15.1. The fourth-order valence-electron chi connectivity index (χ4n) is 4.45. The van der Waals surface area contributed by atoms with Crippen molar-refractivity contribution in [3.8, 4) is 0 Å². The van der Waals surface area contributed by atoms with Crippen molar-refractivity contribution in [1.29, 1.82) is 0 Å². The third-order valence-electron chi connectivity index (χ3n) is 6.01. The van der Waals surface area contributed by atoms with Gasteiger partial charge in [-0.1, -0.05) is 34.6 Å². The second-order valence-electron chi connectivity index (χ2n) is 9.04. The van der Waals surface area contributed by atoms with Crippen LogP contribution < -0.4 is 5.32 Å². The quantitative estimate of drug-likeness (QED) is 0.813. The minimum Gasteiger partial charge on any atom is -0.313 e. The Balaban J connectivity index is 1.91. The zero-order valence-corrected chi connectivity index (χ0v) is 15.2. The summed E-state index contributed by atoms with van der Waals surface area (Å²) in [6.07, 6.45) is 8.20. The molecule has 1 aliphatic heterocycles. The van der Waals surface area contributed by atoms with Crippen molar-refractivity contribution in [1.82, 2.24) is 10.2 Å². The standard InChI is InChI=1S/C19H38N2/c1-6-12-20-17-16(8-10-19(17,4)5)15-21-13-7-9-18(2,3)11-14-21/h16-17,20H,6-15H2,1-5H3. The maximum Gasteiger partial charge on any atom is 0.0159 e. The van der Waals surface area contributed by atoms with Crippen molar-refractivity contribution in [3.05, 3.63) is 0 Å². The summed E-state index contributed by atoms with van der Waals surface area (Å²) in [5.41, 5.74) is 1.04. The van der Waals surface area contributed by atoms with Crippen molar-refractivity contribution >= 4 is 0 Å². The Bertz CT molecular complexity index is 322. The van der Waals surface area contributed by atoms with Crippen LogP contribution in [0.3, 0.4) is 0 Å². The van der Waals surface area contributed by atoms with Crippen LogP contribution in [0.1, 0.15) is 73.1 Å². The van der Waals surface area contributed by atoms with Crippen LogP contribution >= 0.6 is 0 Å². The molecule has 0 spiro atoms. The molecule has 1 aliphatic carbocycles. The van der Waals surface area contributed by atoms with Crippen LogP contribution in [0, 0.1) is 16.7 Å². The number of likely N-dealkylation sites (tertiary alicyclic amines) is 1. The van der Waals surface area contributed by atoms with E-state index >= 15 is 0 Å². The topological polar surface area (TPSA) is 15.3 Å². The average Bonchev–Trinajstić information content (AvgIpc) is 2.56. The lowest BCUT2D eigenvalue weighted by molar-refractivity contribution is 0.182. The fraction of sp³-hybridized carbons (Fsp3) is 1.00. The third kappa shape index (κ3) is 4.69. The van der Waals surface area contributed by atoms with Crippen LogP contribution in [0.25, 0.3) is 0 Å². The van der Waals surface area contributed by atoms with Crippen molar-refractivity contribution in [3.63, 3.8) is 0 Å². The molecule has 124 valence electrons. The highest BCUT2D eigenvalue weighted by Crippen LogP contribution is 2.42. The molecular formula is C19H38N2. The molecule has 0 aromatic heterocycles. The number of hydrogen-bond donors (Lipinski definition) is 1. The lowest BCUT2D eigenvalue weighted by Gasteiger charge is -2.34. The Morgan fingerprint density at radius 2 is 1.81 bits per heavy atom. The maximum atomic E-state index is 3.87. The van der Waals surface area contributed by atoms with Gasteiger partial charge in [-0.05, 0) is 74.9 Å². The van der Waals surface area contributed by atoms with Gasteiger partial charge in [0.1, 0.15) is 0 Å². The van der Waals surface area contributed by atoms with Crippen LogP contribution in [-0.4, -0.2) is 37.1 Å². The SMILES string of the molecule is CCCNC1C(CN2CCCC(C)(C)CC2)CCC1(C)C. The molecule has 1 saturated carbocycles. The normalized spacial score (nSPS) is 33.0. The van der Waals surface area contributed by atoms with Crippen LogP contribution in [0.4, 0.5) is 0 Å². The Morgan fingerprint density at radius 1 is 1.05 bits per heavy atom. The van der Waals surface area contributed by atoms with E-state index in [9.17, 15) is 0 Å². The lowest BCUT2D eigenvalue weighted by atomic mass is 9.84. The van der Waals surface area contributed by atoms with Crippen LogP contribution in [0.5, 0.6) is 0 Å². The van der Waals surface area contributed by atoms with Crippen molar-refractivity contribution in [2.45, 2.75) is 79.2 Å². The Kier molecular flexibility index (Phi) is 5.76. The van der Waals surface area contributed by atoms with Gasteiger partial charge in [0.25, 0.3) is 0 Å². The molecule has 21 heavy (non-hydrogen) atoms. The second kappa shape index (κ2) is 7.00. The van der Waals surface area contributed by atoms with E-state index in [2.05, 4.69) is 44.8 Å². The van der Waals surface area contributed by atoms with E-state index in [0.29, 0.717) is 16.9 Å². The molecule has 0 bridgehead atoms. The minimum absolute atomic E-state index is 0.477. The monoisotopic (exact) mass is 294 g/mol. The van der Waals surface area contributed by atoms with Gasteiger partial charge >= 0.3 is 0 Å². The van der Waals surface area contributed by atoms with Gasteiger partial charge < -0.3 is 10.2 Å². The van der Waals surface area contributed by atoms with Crippen LogP contribution in [0.15, 0.2) is 0 Å². The second-order valence-corrected chi connectivity index (χ2v) is 9.04. The minimum atomic E-state index is 0.477. The zero-order valence-electron chi connectivity index (χ0n) is 15.2. The molecule has 2 nitrogen and oxygen atoms in total. The molecule has 2 atom stereocenters. The summed E-state index contributed by atoms with van der Waals surface area (Å²) in [5.74, 6) is 0.854. The van der Waals surface area contributed by atoms with Crippen molar-refractivity contribution < 1.29 is 0 Å². The molecular weight excluding hydrogens is 256 g/mol. The molecule has 1 N–H and O–H groups in total. The van der Waals surface area contributed by atoms with Crippen molar-refractivity contribution in [2.24, 2.45) is 16.7 Å². The van der Waals surface area contributed by atoms with Gasteiger partial charge in [0.15, 0.2) is 0 Å². The highest BCUT2D eigenvalue weighted by molar-refractivity contribution is 4.97. The number of hydrogen-bond acceptors (Lipinski definition) is 2. The Morgan fingerprint density at radius 3 is 2.52 bits per heavy atom. The molecule has 2 rings (SSSR count). The van der Waals surface area contributed by atoms with E-state index in [1.165, 1.54) is 64.7 Å². The predicted molar refractivity (Wildman–Crippen MR) is 92.7 cm³/mol. The van der Waals surface area contributed by atoms with E-state index in [0.717, 1.165) is 5.92 Å². The third-order valence-corrected chi connectivity index (χ3v) is 6.01. The van der Waals surface area contributed by atoms with Gasteiger partial charge in [-0.3, -0.25) is 0 Å². The molecule has 1 saturated heterocycles. The summed E-state index contributed by atoms with van der Waals surface area (Å²) in [4.78, 5) is 2.77. The fourth-order valence-corrected chi connectivity index (χ4v) is 4.45. The van der Waals surface area contributed by atoms with Crippen LogP contribution in [-0.2, 0) is 0 Å². The van der Waals surface area contributed by atoms with Gasteiger partial charge in [0, 0.05) is 12.6 Å². The largest absolute Gasteiger partial charge is 0.313 e. The lowest BCUT2D eigenvalue weighted by Crippen LogP contribution is -2.46. The molecule has 0 amide bonds. The zero-order chi connectivity index (χ0) is 15.5. The van der Waals surface area contributed by atoms with E-state index in [-0.39, 0.29) is 0 Å². The summed E-state index contributed by atoms with van der Waals surface area (Å²) >= 11 is 0. The predicted octanol–water partition coefficient (Wildman–Crippen LogP) is 4.30. The van der Waals surface area contributed by atoms with Gasteiger partial charge in [-0.25, -0.2) is 0 Å². The molecule has 2 fully saturated rings. The highest BCUT2D eigenvalue weighted by Gasteiger charge is 2.42. The van der Waals surface area contributed by atoms with Crippen molar-refractivity contribution in [2.75, 3.05) is 26.2 Å². The summed E-state index contributed by atoms with van der Waals surface area (Å²) in [7, 11) is 0. The van der Waals surface area contributed by atoms with E-state index < -0.39 is 0 Å². The van der Waals surface area contributed by atoms with E-state index in [4.69, 9.17) is 0 Å². The van der Waals surface area contributed by atoms with Crippen LogP contribution in [0.2, 0.25) is 0 Å². The molecule has 2 aliphatic rings. The first kappa shape index (κ1) is 17.3. The van der Waals surface area contributed by atoms with Gasteiger partial charge in [0.05, 0.1) is 0 Å². The smallest absolute Gasteiger partial charge is 0.0159 e. The summed E-state index contributed by atoms with van der Waals surface area (Å²) in [6.45, 7) is 17.2. The van der Waals surface area contributed by atoms with Gasteiger partial charge in [-0.2, -0.15) is 0 Å². The van der Waals surface area contributed by atoms with E-state index in [1.807, 2.05) is 0 Å². The van der Waals surface area contributed by atoms with E-state index in [1.54, 1.807) is 0 Å². The first-order chi connectivity index (χ1) is 9.84. The molecule has 0 aromatic carbocycles. The summed E-state index contributed by atoms with van der Waals surface area (Å²) < 4.78 is 0. The number of nitrogens with zero attached hydrogens (tertiary/aromatic N) is 1. The number of nitrogens with one attached hydrogen (secondary N) is 1. The van der Waals surface area contributed by atoms with Gasteiger partial charge in [-0.15, -0.1) is 0 Å². The maximum absolute atomic E-state index is 3.87. The number of rotatable bonds is 5. The first-order valence-electron chi connectivity index (χ1n) is 9.30.